The minimum Gasteiger partial charge on any atom is -0.478 e. The summed E-state index contributed by atoms with van der Waals surface area (Å²) in [6.07, 6.45) is 1.70. The zero-order valence-corrected chi connectivity index (χ0v) is 12.5. The van der Waals surface area contributed by atoms with Crippen molar-refractivity contribution in [3.63, 3.8) is 0 Å². The summed E-state index contributed by atoms with van der Waals surface area (Å²) in [7, 11) is 3.66. The SMILES string of the molecule is CN(C)c1ccc2c(ncn2Cc2ccccc2)c1C(=O)O. The molecule has 0 saturated carbocycles. The number of aromatic carboxylic acids is 1. The summed E-state index contributed by atoms with van der Waals surface area (Å²) in [4.78, 5) is 17.8. The molecule has 1 heterocycles. The fourth-order valence-electron chi connectivity index (χ4n) is 2.61. The highest BCUT2D eigenvalue weighted by atomic mass is 16.4. The number of fused-ring (bicyclic) bond motifs is 1. The summed E-state index contributed by atoms with van der Waals surface area (Å²) >= 11 is 0. The lowest BCUT2D eigenvalue weighted by molar-refractivity contribution is 0.0699. The summed E-state index contributed by atoms with van der Waals surface area (Å²) in [6, 6.07) is 13.8. The van der Waals surface area contributed by atoms with Crippen LogP contribution in [0, 0.1) is 0 Å². The number of benzene rings is 2. The summed E-state index contributed by atoms with van der Waals surface area (Å²) in [6.45, 7) is 0.664. The third-order valence-corrected chi connectivity index (χ3v) is 3.66. The molecule has 0 aliphatic heterocycles. The number of carboxylic acids is 1. The summed E-state index contributed by atoms with van der Waals surface area (Å²) in [5, 5.41) is 9.54. The first-order valence-corrected chi connectivity index (χ1v) is 7.00. The van der Waals surface area contributed by atoms with Crippen LogP contribution in [0.5, 0.6) is 0 Å². The van der Waals surface area contributed by atoms with E-state index in [4.69, 9.17) is 0 Å². The molecule has 0 bridgehead atoms. The molecule has 5 nitrogen and oxygen atoms in total. The zero-order chi connectivity index (χ0) is 15.7. The molecule has 0 saturated heterocycles. The Kier molecular flexibility index (Phi) is 3.55. The lowest BCUT2D eigenvalue weighted by atomic mass is 10.1. The van der Waals surface area contributed by atoms with Gasteiger partial charge in [-0.05, 0) is 17.7 Å². The molecule has 1 aromatic heterocycles. The van der Waals surface area contributed by atoms with Gasteiger partial charge in [-0.1, -0.05) is 30.3 Å². The number of imidazole rings is 1. The average molecular weight is 295 g/mol. The van der Waals surface area contributed by atoms with E-state index in [0.29, 0.717) is 17.7 Å². The van der Waals surface area contributed by atoms with Crippen molar-refractivity contribution < 1.29 is 9.90 Å². The van der Waals surface area contributed by atoms with Crippen molar-refractivity contribution in [2.45, 2.75) is 6.54 Å². The van der Waals surface area contributed by atoms with Gasteiger partial charge in [0.15, 0.2) is 0 Å². The first-order chi connectivity index (χ1) is 10.6. The number of carboxylic acid groups (broad SMARTS) is 1. The molecule has 0 aliphatic rings. The summed E-state index contributed by atoms with van der Waals surface area (Å²) in [5.41, 5.74) is 3.40. The van der Waals surface area contributed by atoms with Crippen LogP contribution in [0.25, 0.3) is 11.0 Å². The molecular weight excluding hydrogens is 278 g/mol. The van der Waals surface area contributed by atoms with Gasteiger partial charge in [-0.15, -0.1) is 0 Å². The molecule has 3 aromatic rings. The molecule has 0 fully saturated rings. The first-order valence-electron chi connectivity index (χ1n) is 7.00. The third kappa shape index (κ3) is 2.41. The van der Waals surface area contributed by atoms with Crippen LogP contribution in [0.3, 0.4) is 0 Å². The Balaban J connectivity index is 2.12. The Morgan fingerprint density at radius 1 is 1.18 bits per heavy atom. The van der Waals surface area contributed by atoms with Gasteiger partial charge in [-0.25, -0.2) is 9.78 Å². The number of hydrogen-bond donors (Lipinski definition) is 1. The molecule has 0 spiro atoms. The molecule has 22 heavy (non-hydrogen) atoms. The van der Waals surface area contributed by atoms with Crippen LogP contribution in [-0.4, -0.2) is 34.7 Å². The minimum atomic E-state index is -0.959. The van der Waals surface area contributed by atoms with E-state index in [-0.39, 0.29) is 5.56 Å². The van der Waals surface area contributed by atoms with Gasteiger partial charge < -0.3 is 14.6 Å². The normalized spacial score (nSPS) is 10.8. The second-order valence-corrected chi connectivity index (χ2v) is 5.39. The van der Waals surface area contributed by atoms with E-state index in [0.717, 1.165) is 11.1 Å². The molecule has 2 aromatic carbocycles. The largest absolute Gasteiger partial charge is 0.478 e. The highest BCUT2D eigenvalue weighted by Gasteiger charge is 2.19. The predicted octanol–water partition coefficient (Wildman–Crippen LogP) is 2.85. The summed E-state index contributed by atoms with van der Waals surface area (Å²) < 4.78 is 1.97. The molecule has 1 N–H and O–H groups in total. The summed E-state index contributed by atoms with van der Waals surface area (Å²) in [5.74, 6) is -0.959. The lowest BCUT2D eigenvalue weighted by Gasteiger charge is -2.16. The molecular formula is C17H17N3O2. The topological polar surface area (TPSA) is 58.4 Å². The van der Waals surface area contributed by atoms with Crippen LogP contribution in [-0.2, 0) is 6.54 Å². The number of hydrogen-bond acceptors (Lipinski definition) is 3. The van der Waals surface area contributed by atoms with Crippen molar-refractivity contribution >= 4 is 22.7 Å². The maximum atomic E-state index is 11.6. The molecule has 3 rings (SSSR count). The fourth-order valence-corrected chi connectivity index (χ4v) is 2.61. The monoisotopic (exact) mass is 295 g/mol. The standard InChI is InChI=1S/C17H17N3O2/c1-19(2)13-8-9-14-16(15(13)17(21)22)18-11-20(14)10-12-6-4-3-5-7-12/h3-9,11H,10H2,1-2H3,(H,21,22). The van der Waals surface area contributed by atoms with Crippen molar-refractivity contribution in [3.8, 4) is 0 Å². The average Bonchev–Trinajstić information content (AvgIpc) is 2.90. The number of aromatic nitrogens is 2. The molecule has 0 aliphatic carbocycles. The smallest absolute Gasteiger partial charge is 0.340 e. The predicted molar refractivity (Wildman–Crippen MR) is 86.6 cm³/mol. The van der Waals surface area contributed by atoms with Crippen LogP contribution < -0.4 is 4.90 Å². The van der Waals surface area contributed by atoms with Gasteiger partial charge in [0.25, 0.3) is 0 Å². The lowest BCUT2D eigenvalue weighted by Crippen LogP contribution is -2.14. The van der Waals surface area contributed by atoms with Crippen molar-refractivity contribution in [1.29, 1.82) is 0 Å². The highest BCUT2D eigenvalue weighted by Crippen LogP contribution is 2.27. The van der Waals surface area contributed by atoms with E-state index in [1.54, 1.807) is 11.2 Å². The first kappa shape index (κ1) is 14.1. The molecule has 112 valence electrons. The van der Waals surface area contributed by atoms with Crippen molar-refractivity contribution in [3.05, 3.63) is 59.9 Å². The Morgan fingerprint density at radius 3 is 2.55 bits per heavy atom. The quantitative estimate of drug-likeness (QED) is 0.804. The molecule has 0 amide bonds. The second-order valence-electron chi connectivity index (χ2n) is 5.39. The van der Waals surface area contributed by atoms with Crippen molar-refractivity contribution in [2.24, 2.45) is 0 Å². The molecule has 0 radical (unpaired) electrons. The van der Waals surface area contributed by atoms with Gasteiger partial charge in [0, 0.05) is 20.6 Å². The van der Waals surface area contributed by atoms with Crippen LogP contribution in [0.2, 0.25) is 0 Å². The maximum Gasteiger partial charge on any atom is 0.340 e. The Labute approximate surface area is 128 Å². The van der Waals surface area contributed by atoms with E-state index in [1.165, 1.54) is 0 Å². The van der Waals surface area contributed by atoms with Gasteiger partial charge >= 0.3 is 5.97 Å². The van der Waals surface area contributed by atoms with Gasteiger partial charge in [0.1, 0.15) is 11.1 Å². The van der Waals surface area contributed by atoms with Gasteiger partial charge in [0.2, 0.25) is 0 Å². The number of rotatable bonds is 4. The minimum absolute atomic E-state index is 0.245. The van der Waals surface area contributed by atoms with Gasteiger partial charge in [-0.2, -0.15) is 0 Å². The highest BCUT2D eigenvalue weighted by molar-refractivity contribution is 6.06. The van der Waals surface area contributed by atoms with E-state index >= 15 is 0 Å². The third-order valence-electron chi connectivity index (χ3n) is 3.66. The van der Waals surface area contributed by atoms with Gasteiger partial charge in [0.05, 0.1) is 17.5 Å². The Hall–Kier alpha value is -2.82. The van der Waals surface area contributed by atoms with E-state index in [9.17, 15) is 9.90 Å². The molecule has 5 heteroatoms. The van der Waals surface area contributed by atoms with Crippen LogP contribution in [0.4, 0.5) is 5.69 Å². The number of anilines is 1. The van der Waals surface area contributed by atoms with Crippen LogP contribution in [0.1, 0.15) is 15.9 Å². The van der Waals surface area contributed by atoms with E-state index < -0.39 is 5.97 Å². The van der Waals surface area contributed by atoms with Crippen LogP contribution in [0.15, 0.2) is 48.8 Å². The van der Waals surface area contributed by atoms with E-state index in [1.807, 2.05) is 61.1 Å². The van der Waals surface area contributed by atoms with Gasteiger partial charge in [-0.3, -0.25) is 0 Å². The Bertz CT molecular complexity index is 823. The van der Waals surface area contributed by atoms with Crippen LogP contribution >= 0.6 is 0 Å². The van der Waals surface area contributed by atoms with Crippen molar-refractivity contribution in [1.82, 2.24) is 9.55 Å². The maximum absolute atomic E-state index is 11.6. The Morgan fingerprint density at radius 2 is 1.91 bits per heavy atom. The second kappa shape index (κ2) is 5.52. The van der Waals surface area contributed by atoms with Crippen molar-refractivity contribution in [2.75, 3.05) is 19.0 Å². The zero-order valence-electron chi connectivity index (χ0n) is 12.5. The van der Waals surface area contributed by atoms with E-state index in [2.05, 4.69) is 4.98 Å². The molecule has 0 unspecified atom stereocenters. The fraction of sp³-hybridized carbons (Fsp3) is 0.176. The molecule has 0 atom stereocenters. The number of nitrogens with zero attached hydrogens (tertiary/aromatic N) is 3. The number of carbonyl (C=O) groups is 1.